The van der Waals surface area contributed by atoms with Gasteiger partial charge in [-0.25, -0.2) is 13.2 Å². The minimum atomic E-state index is -2.47. The molecule has 0 N–H and O–H groups in total. The highest BCUT2D eigenvalue weighted by atomic mass is 28.4. The summed E-state index contributed by atoms with van der Waals surface area (Å²) in [7, 11) is -3.52. The van der Waals surface area contributed by atoms with E-state index in [-0.39, 0.29) is 25.0 Å². The van der Waals surface area contributed by atoms with Crippen LogP contribution in [0.1, 0.15) is 381 Å². The second kappa shape index (κ2) is 54.2. The fourth-order valence-corrected chi connectivity index (χ4v) is 43.6. The van der Waals surface area contributed by atoms with Gasteiger partial charge in [-0.1, -0.05) is 190 Å². The van der Waals surface area contributed by atoms with Gasteiger partial charge >= 0.3 is 0 Å². The molecule has 0 aromatic carbocycles. The number of piperidine rings is 3. The molecule has 15 unspecified atom stereocenters. The lowest BCUT2D eigenvalue weighted by Gasteiger charge is -2.55. The number of hydrogen-bond acceptors (Lipinski definition) is 11. The van der Waals surface area contributed by atoms with Crippen molar-refractivity contribution in [2.24, 2.45) is 76.4 Å². The van der Waals surface area contributed by atoms with E-state index in [1.165, 1.54) is 108 Å². The monoisotopic (exact) mass is 1920 g/mol. The van der Waals surface area contributed by atoms with Gasteiger partial charge in [0.1, 0.15) is 6.17 Å². The molecule has 14 aliphatic rings. The first-order chi connectivity index (χ1) is 60.1. The highest BCUT2D eigenvalue weighted by Crippen LogP contribution is 2.49. The zero-order chi connectivity index (χ0) is 100. The molecular formula is C112H232F4N10OSi4. The molecule has 14 fully saturated rings. The first kappa shape index (κ1) is 123. The summed E-state index contributed by atoms with van der Waals surface area (Å²) in [6.07, 6.45) is 22.7. The van der Waals surface area contributed by atoms with Crippen LogP contribution in [0.4, 0.5) is 17.3 Å². The Bertz CT molecular complexity index is 2760. The summed E-state index contributed by atoms with van der Waals surface area (Å²) in [5.41, 5.74) is 0.527. The largest absolute Gasteiger partial charge is 0.419 e. The van der Waals surface area contributed by atoms with E-state index in [0.717, 1.165) is 156 Å². The van der Waals surface area contributed by atoms with Gasteiger partial charge in [-0.3, -0.25) is 39.2 Å². The van der Waals surface area contributed by atoms with Gasteiger partial charge in [-0.15, -0.1) is 0 Å². The third-order valence-corrected chi connectivity index (χ3v) is 47.7. The lowest BCUT2D eigenvalue weighted by molar-refractivity contribution is -0.0536. The van der Waals surface area contributed by atoms with Crippen molar-refractivity contribution in [2.45, 2.75) is 588 Å². The lowest BCUT2D eigenvalue weighted by atomic mass is 9.70. The van der Waals surface area contributed by atoms with E-state index >= 15 is 0 Å². The second-order valence-corrected chi connectivity index (χ2v) is 71.1. The van der Waals surface area contributed by atoms with Crippen LogP contribution >= 0.6 is 0 Å². The third-order valence-electron chi connectivity index (χ3n) is 34.2. The first-order valence-corrected chi connectivity index (χ1v) is 67.9. The van der Waals surface area contributed by atoms with Crippen LogP contribution in [-0.4, -0.2) is 285 Å². The van der Waals surface area contributed by atoms with Crippen molar-refractivity contribution in [2.75, 3.05) is 58.0 Å². The maximum Gasteiger partial charge on any atom is 0.262 e. The molecule has 0 aromatic rings. The van der Waals surface area contributed by atoms with Crippen LogP contribution < -0.4 is 0 Å². The molecule has 0 radical (unpaired) electrons. The molecule has 14 rings (SSSR count). The average Bonchev–Trinajstić information content (AvgIpc) is 1.74. The Balaban J connectivity index is 0.000000305. The summed E-state index contributed by atoms with van der Waals surface area (Å²) >= 11 is 0. The van der Waals surface area contributed by atoms with Crippen LogP contribution in [0.25, 0.3) is 0 Å². The van der Waals surface area contributed by atoms with Gasteiger partial charge in [0.15, 0.2) is 0 Å². The van der Waals surface area contributed by atoms with Crippen LogP contribution in [0.3, 0.4) is 0 Å². The predicted octanol–water partition coefficient (Wildman–Crippen LogP) is 28.9. The summed E-state index contributed by atoms with van der Waals surface area (Å²) in [6, 6.07) is 23.6. The van der Waals surface area contributed by atoms with E-state index in [9.17, 15) is 17.3 Å². The van der Waals surface area contributed by atoms with Crippen molar-refractivity contribution < 1.29 is 21.7 Å². The van der Waals surface area contributed by atoms with E-state index in [4.69, 9.17) is 4.43 Å². The zero-order valence-electron chi connectivity index (χ0n) is 96.4. The molecule has 11 nitrogen and oxygen atoms in total. The number of rotatable bonds is 21. The van der Waals surface area contributed by atoms with E-state index < -0.39 is 45.0 Å². The summed E-state index contributed by atoms with van der Waals surface area (Å²) < 4.78 is 59.0. The Morgan fingerprint density at radius 3 is 1.03 bits per heavy atom. The number of hydrogen-bond donors (Lipinski definition) is 0. The first-order valence-electron chi connectivity index (χ1n) is 56.0. The van der Waals surface area contributed by atoms with Crippen molar-refractivity contribution >= 4 is 32.9 Å². The van der Waals surface area contributed by atoms with E-state index in [1.54, 1.807) is 31.0 Å². The van der Waals surface area contributed by atoms with Crippen molar-refractivity contribution in [3.63, 3.8) is 0 Å². The van der Waals surface area contributed by atoms with E-state index in [2.05, 4.69) is 327 Å². The van der Waals surface area contributed by atoms with Gasteiger partial charge in [0, 0.05) is 172 Å². The molecule has 15 atom stereocenters. The van der Waals surface area contributed by atoms with Crippen molar-refractivity contribution in [3.8, 4) is 0 Å². The molecule has 1 spiro atoms. The van der Waals surface area contributed by atoms with Crippen molar-refractivity contribution in [1.82, 2.24) is 49.0 Å². The zero-order valence-corrected chi connectivity index (χ0v) is 100. The van der Waals surface area contributed by atoms with Gasteiger partial charge in [-0.05, 0) is 342 Å². The van der Waals surface area contributed by atoms with Crippen LogP contribution in [0.5, 0.6) is 0 Å². The molecule has 12 heterocycles. The maximum absolute atomic E-state index is 13.9. The Morgan fingerprint density at radius 2 is 0.687 bits per heavy atom. The predicted molar refractivity (Wildman–Crippen MR) is 581 cm³/mol. The Hall–Kier alpha value is 0.148. The standard InChI is InChI=1S/C13H27NSi.C13H25N.C12H23N.C12H25N.C11H25NOSi.C11H25NSi.C10H19F2N.C10H22FNSi.C10H20FN.C10H21N/c1-11(2)13-9-15(7-5-6-8-15)10-14(13)12(3)4;1-9(2)13-11-5-7-12(8-6-11)14(13)10(3)4;1-8(2)12-10-5-6-11(7-10)13(12)9(3)4;1-9(2)11-7-12(5,6)8-13(11)10(3)4;1-9(2)11-7-14(6,13-5)8-12(11)10(3)4;1-9(2)11-7-13(5,6)8-12(11)10(3)4;1-7(2)9-5-10(11,12)6-13(9)8(3)4;1-8(2)10-6-13(5,11)7-12(10)9(3)4;1-7(2)10-5-9(11)6-12(10)8(3)4;1-8(2)10-6-5-7-11(10)9(3)4/h11-13H,5-10H2,1-4H3;9-13H,5-8H2,1-4H3;8-12H,5-7H2,1-4H3;9-11H,7-8H2,1-6H3;9-11H,7-8H2,1-6H3;9-11H,7-8H2,1-6H3;7-9H,5-6H2,1-4H3;8-10H,6-7H2,1-5H3;7-10H,5-6H2,1-4H3;8-10H,5-7H2,1-4H3. The highest BCUT2D eigenvalue weighted by molar-refractivity contribution is 6.81. The summed E-state index contributed by atoms with van der Waals surface area (Å²) in [5, 5.41) is 0. The minimum Gasteiger partial charge on any atom is -0.419 e. The normalized spacial score (nSPS) is 32.9. The number of alkyl halides is 3. The minimum absolute atomic E-state index is 0.0306. The highest BCUT2D eigenvalue weighted by Gasteiger charge is 2.53. The Morgan fingerprint density at radius 1 is 0.321 bits per heavy atom. The molecular weight excluding hydrogens is 1690 g/mol. The molecule has 0 aromatic heterocycles. The molecule has 12 saturated heterocycles. The average molecular weight is 1920 g/mol. The van der Waals surface area contributed by atoms with Crippen LogP contribution in [0.2, 0.25) is 62.5 Å². The number of halogens is 4. The van der Waals surface area contributed by atoms with Crippen LogP contribution in [0.15, 0.2) is 0 Å². The van der Waals surface area contributed by atoms with Gasteiger partial charge in [0.2, 0.25) is 8.32 Å². The number of fused-ring (bicyclic) bond motifs is 5. The molecule has 0 amide bonds. The van der Waals surface area contributed by atoms with Crippen LogP contribution in [-0.2, 0) is 4.43 Å². The summed E-state index contributed by atoms with van der Waals surface area (Å²) in [6.45, 7) is 109. The Labute approximate surface area is 820 Å². The molecule has 4 bridgehead atoms. The van der Waals surface area contributed by atoms with Gasteiger partial charge < -0.3 is 18.3 Å². The van der Waals surface area contributed by atoms with E-state index in [1.807, 2.05) is 46.3 Å². The quantitative estimate of drug-likeness (QED) is 0.0627. The molecule has 2 aliphatic carbocycles. The van der Waals surface area contributed by atoms with Gasteiger partial charge in [0.25, 0.3) is 14.3 Å². The molecule has 131 heavy (non-hydrogen) atoms. The molecule has 780 valence electrons. The van der Waals surface area contributed by atoms with E-state index in [0.29, 0.717) is 66.0 Å². The van der Waals surface area contributed by atoms with Crippen molar-refractivity contribution in [1.29, 1.82) is 0 Å². The second-order valence-electron chi connectivity index (χ2n) is 53.7. The molecule has 19 heteroatoms. The van der Waals surface area contributed by atoms with Crippen molar-refractivity contribution in [3.05, 3.63) is 0 Å². The fraction of sp³-hybridized carbons (Fsp3) is 1.00. The smallest absolute Gasteiger partial charge is 0.262 e. The SMILES string of the molecule is CC(C)C1C2CCC(C2)N1C(C)C.CC(C)C1C2CCC(CC2)N1C(C)C.CC(C)C1CC(C)(C)CN1C(C)C.CC(C)C1CC(F)(F)CN1C(C)C.CC(C)C1CC(F)CN1C(C)C.CC(C)C1CCCN1C(C)C.CC(C)C1C[Si](C)(C)CN1C(C)C.CC(C)C1C[Si](C)(F)CN1C(C)C.CC(C)C1C[Si]2(CCCC2)CN1C(C)C.CO[Si]1(C)CC(C(C)C)N(C(C)C)C1. The van der Waals surface area contributed by atoms with Crippen LogP contribution in [0, 0.1) is 76.4 Å². The fourth-order valence-electron chi connectivity index (χ4n) is 27.6. The molecule has 12 aliphatic heterocycles. The number of likely N-dealkylation sites (tertiary alicyclic amines) is 5. The lowest BCUT2D eigenvalue weighted by Crippen LogP contribution is -2.59. The summed E-state index contributed by atoms with van der Waals surface area (Å²) in [4.78, 5) is 25.7. The number of nitrogens with zero attached hydrogens (tertiary/aromatic N) is 10. The van der Waals surface area contributed by atoms with Gasteiger partial charge in [-0.2, -0.15) is 0 Å². The van der Waals surface area contributed by atoms with Gasteiger partial charge in [0.05, 0.1) is 22.7 Å². The Kier molecular flexibility index (Phi) is 51.1. The third kappa shape index (κ3) is 36.8. The molecule has 2 saturated carbocycles. The maximum atomic E-state index is 13.9. The topological polar surface area (TPSA) is 41.6 Å². The summed E-state index contributed by atoms with van der Waals surface area (Å²) in [5.74, 6) is 6.79.